The SMILES string of the molecule is CC#N.C[C@]12CC[C@@H]3c4ccc(O)cc4CC[C@H]3[C@@H]1CCC2=O.C[C@]12CC[C@H]3[C@@H](CCC4=CC(=O)C=C[C@@]43F)[C@@H]1CCC2=O. The minimum absolute atomic E-state index is 0.0322. The summed E-state index contributed by atoms with van der Waals surface area (Å²) in [5.74, 6) is 3.65. The summed E-state index contributed by atoms with van der Waals surface area (Å²) >= 11 is 0. The van der Waals surface area contributed by atoms with Gasteiger partial charge in [0, 0.05) is 36.5 Å². The number of fused-ring (bicyclic) bond motifs is 10. The van der Waals surface area contributed by atoms with Crippen LogP contribution < -0.4 is 0 Å². The van der Waals surface area contributed by atoms with E-state index in [4.69, 9.17) is 5.26 Å². The summed E-state index contributed by atoms with van der Waals surface area (Å²) in [6.45, 7) is 5.75. The van der Waals surface area contributed by atoms with Crippen molar-refractivity contribution >= 4 is 17.3 Å². The lowest BCUT2D eigenvalue weighted by Gasteiger charge is -2.53. The molecule has 1 N–H and O–H groups in total. The zero-order chi connectivity index (χ0) is 31.4. The van der Waals surface area contributed by atoms with Crippen molar-refractivity contribution in [3.8, 4) is 11.8 Å². The third-order valence-corrected chi connectivity index (χ3v) is 13.2. The largest absolute Gasteiger partial charge is 0.508 e. The van der Waals surface area contributed by atoms with Gasteiger partial charge in [0.15, 0.2) is 11.5 Å². The minimum atomic E-state index is -1.44. The Morgan fingerprint density at radius 2 is 1.45 bits per heavy atom. The van der Waals surface area contributed by atoms with E-state index in [-0.39, 0.29) is 28.4 Å². The predicted octanol–water partition coefficient (Wildman–Crippen LogP) is 7.91. The lowest BCUT2D eigenvalue weighted by Crippen LogP contribution is -2.52. The number of ketones is 3. The number of nitriles is 1. The first kappa shape index (κ1) is 30.9. The van der Waals surface area contributed by atoms with Crippen LogP contribution in [-0.4, -0.2) is 28.1 Å². The molecule has 5 fully saturated rings. The Hall–Kier alpha value is -3.07. The van der Waals surface area contributed by atoms with Crippen molar-refractivity contribution in [2.24, 2.45) is 40.4 Å². The molecule has 0 heterocycles. The second-order valence-electron chi connectivity index (χ2n) is 14.9. The third kappa shape index (κ3) is 4.81. The maximum Gasteiger partial charge on any atom is 0.178 e. The van der Waals surface area contributed by atoms with Gasteiger partial charge in [-0.05, 0) is 141 Å². The molecule has 0 spiro atoms. The van der Waals surface area contributed by atoms with Crippen LogP contribution in [0.15, 0.2) is 42.0 Å². The van der Waals surface area contributed by atoms with E-state index in [0.29, 0.717) is 59.4 Å². The number of hydrogen-bond donors (Lipinski definition) is 1. The molecule has 1 aromatic rings. The Labute approximate surface area is 261 Å². The van der Waals surface area contributed by atoms with Crippen LogP contribution in [0.25, 0.3) is 0 Å². The van der Waals surface area contributed by atoms with Gasteiger partial charge in [-0.3, -0.25) is 14.4 Å². The summed E-state index contributed by atoms with van der Waals surface area (Å²) in [6.07, 6.45) is 15.5. The first-order chi connectivity index (χ1) is 21.0. The van der Waals surface area contributed by atoms with Crippen LogP contribution in [0.3, 0.4) is 0 Å². The van der Waals surface area contributed by atoms with Crippen molar-refractivity contribution in [2.45, 2.75) is 109 Å². The normalized spacial score (nSPS) is 41.1. The van der Waals surface area contributed by atoms with Crippen LogP contribution in [0.4, 0.5) is 4.39 Å². The molecule has 0 bridgehead atoms. The Bertz CT molecular complexity index is 1470. The molecular formula is C38H46FNO4. The average molecular weight is 600 g/mol. The number of rotatable bonds is 0. The van der Waals surface area contributed by atoms with Crippen molar-refractivity contribution < 1.29 is 23.9 Å². The van der Waals surface area contributed by atoms with E-state index in [2.05, 4.69) is 19.9 Å². The van der Waals surface area contributed by atoms with E-state index in [1.54, 1.807) is 6.07 Å². The van der Waals surface area contributed by atoms with Gasteiger partial charge in [0.2, 0.25) is 0 Å². The molecule has 6 heteroatoms. The monoisotopic (exact) mass is 599 g/mol. The van der Waals surface area contributed by atoms with Crippen LogP contribution in [0, 0.1) is 51.8 Å². The van der Waals surface area contributed by atoms with Crippen LogP contribution in [0.2, 0.25) is 0 Å². The van der Waals surface area contributed by atoms with Crippen molar-refractivity contribution in [1.29, 1.82) is 5.26 Å². The number of alkyl halides is 1. The highest BCUT2D eigenvalue weighted by atomic mass is 19.1. The second-order valence-corrected chi connectivity index (χ2v) is 14.9. The molecule has 5 saturated carbocycles. The highest BCUT2D eigenvalue weighted by molar-refractivity contribution is 6.01. The average Bonchev–Trinajstić information content (AvgIpc) is 3.48. The number of aromatic hydroxyl groups is 1. The van der Waals surface area contributed by atoms with Gasteiger partial charge in [-0.25, -0.2) is 4.39 Å². The fourth-order valence-corrected chi connectivity index (χ4v) is 10.9. The number of nitrogens with zero attached hydrogens (tertiary/aromatic N) is 1. The number of phenols is 1. The van der Waals surface area contributed by atoms with Crippen molar-refractivity contribution in [3.05, 3.63) is 53.1 Å². The first-order valence-corrected chi connectivity index (χ1v) is 16.8. The highest BCUT2D eigenvalue weighted by Gasteiger charge is 2.60. The van der Waals surface area contributed by atoms with Crippen molar-refractivity contribution in [3.63, 3.8) is 0 Å². The summed E-state index contributed by atoms with van der Waals surface area (Å²) in [7, 11) is 0. The molecule has 7 aliphatic carbocycles. The Kier molecular flexibility index (Phi) is 8.00. The number of carbonyl (C=O) groups is 3. The number of hydrogen-bond acceptors (Lipinski definition) is 5. The number of benzene rings is 1. The number of carbonyl (C=O) groups excluding carboxylic acids is 3. The second kappa shape index (κ2) is 11.4. The van der Waals surface area contributed by atoms with Gasteiger partial charge in [0.1, 0.15) is 17.3 Å². The van der Waals surface area contributed by atoms with Gasteiger partial charge in [0.25, 0.3) is 0 Å². The van der Waals surface area contributed by atoms with E-state index >= 15 is 4.39 Å². The van der Waals surface area contributed by atoms with Gasteiger partial charge >= 0.3 is 0 Å². The highest BCUT2D eigenvalue weighted by Crippen LogP contribution is 2.62. The van der Waals surface area contributed by atoms with Crippen LogP contribution in [-0.2, 0) is 20.8 Å². The smallest absolute Gasteiger partial charge is 0.178 e. The summed E-state index contributed by atoms with van der Waals surface area (Å²) < 4.78 is 15.6. The molecule has 0 radical (unpaired) electrons. The summed E-state index contributed by atoms with van der Waals surface area (Å²) in [5.41, 5.74) is 1.76. The zero-order valence-corrected chi connectivity index (χ0v) is 26.4. The van der Waals surface area contributed by atoms with Gasteiger partial charge in [-0.15, -0.1) is 0 Å². The molecule has 9 atom stereocenters. The molecule has 0 amide bonds. The van der Waals surface area contributed by atoms with E-state index in [1.807, 2.05) is 12.1 Å². The maximum absolute atomic E-state index is 15.6. The molecule has 5 nitrogen and oxygen atoms in total. The number of Topliss-reactive ketones (excluding diaryl/α,β-unsaturated/α-hetero) is 2. The molecular weight excluding hydrogens is 553 g/mol. The van der Waals surface area contributed by atoms with Crippen LogP contribution in [0.5, 0.6) is 5.75 Å². The maximum atomic E-state index is 15.6. The molecule has 7 aliphatic rings. The standard InChI is InChI=1S/C18H21FO2.C18H22O2.C2H3N/c1-17-8-7-15-13(14(17)4-5-16(17)21)3-2-11-10-12(20)6-9-18(11,15)19;1-18-9-8-14-13-5-3-12(19)10-11(13)2-4-15(14)16(18)6-7-17(18)20;1-2-3/h6,9-10,13-15H,2-5,7-8H2,1H3;3,5,10,14-16,19H,2,4,6-9H2,1H3;1H3/t13-,14-,15-,17-,18+;14-,15-,16+,18+;/m01./s1. The molecule has 0 aliphatic heterocycles. The van der Waals surface area contributed by atoms with Crippen molar-refractivity contribution in [1.82, 2.24) is 0 Å². The summed E-state index contributed by atoms with van der Waals surface area (Å²) in [5, 5.41) is 17.0. The van der Waals surface area contributed by atoms with Gasteiger partial charge in [-0.2, -0.15) is 5.26 Å². The van der Waals surface area contributed by atoms with Gasteiger partial charge in [0.05, 0.1) is 6.07 Å². The molecule has 44 heavy (non-hydrogen) atoms. The zero-order valence-electron chi connectivity index (χ0n) is 26.4. The predicted molar refractivity (Wildman–Crippen MR) is 166 cm³/mol. The fraction of sp³-hybridized carbons (Fsp3) is 0.632. The first-order valence-electron chi connectivity index (χ1n) is 16.8. The van der Waals surface area contributed by atoms with E-state index in [0.717, 1.165) is 57.8 Å². The fourth-order valence-electron chi connectivity index (χ4n) is 10.9. The number of halogens is 1. The Morgan fingerprint density at radius 1 is 0.841 bits per heavy atom. The van der Waals surface area contributed by atoms with Crippen LogP contribution >= 0.6 is 0 Å². The molecule has 0 unspecified atom stereocenters. The quantitative estimate of drug-likeness (QED) is 0.327. The Morgan fingerprint density at radius 3 is 2.14 bits per heavy atom. The lowest BCUT2D eigenvalue weighted by molar-refractivity contribution is -0.132. The van der Waals surface area contributed by atoms with Gasteiger partial charge in [-0.1, -0.05) is 19.9 Å². The van der Waals surface area contributed by atoms with E-state index in [9.17, 15) is 19.5 Å². The molecule has 0 saturated heterocycles. The van der Waals surface area contributed by atoms with Gasteiger partial charge < -0.3 is 5.11 Å². The molecule has 234 valence electrons. The third-order valence-electron chi connectivity index (χ3n) is 13.2. The molecule has 0 aromatic heterocycles. The van der Waals surface area contributed by atoms with E-state index in [1.165, 1.54) is 42.7 Å². The lowest BCUT2D eigenvalue weighted by atomic mass is 9.52. The Balaban J connectivity index is 0.000000144. The van der Waals surface area contributed by atoms with E-state index < -0.39 is 5.67 Å². The van der Waals surface area contributed by atoms with Crippen molar-refractivity contribution in [2.75, 3.05) is 0 Å². The molecule has 1 aromatic carbocycles. The number of allylic oxidation sites excluding steroid dienone is 4. The minimum Gasteiger partial charge on any atom is -0.508 e. The molecule has 8 rings (SSSR count). The summed E-state index contributed by atoms with van der Waals surface area (Å²) in [6, 6.07) is 7.65. The van der Waals surface area contributed by atoms with Crippen LogP contribution in [0.1, 0.15) is 108 Å². The number of aryl methyl sites for hydroxylation is 1. The topological polar surface area (TPSA) is 95.2 Å². The number of phenolic OH excluding ortho intramolecular Hbond substituents is 1. The summed E-state index contributed by atoms with van der Waals surface area (Å²) in [4.78, 5) is 36.0.